The lowest BCUT2D eigenvalue weighted by molar-refractivity contribution is -0.150. The molecule has 0 fully saturated rings. The second-order valence-corrected chi connectivity index (χ2v) is 7.83. The highest BCUT2D eigenvalue weighted by molar-refractivity contribution is 5.90. The minimum Gasteiger partial charge on any atom is -0.478 e. The fourth-order valence-corrected chi connectivity index (χ4v) is 3.93. The van der Waals surface area contributed by atoms with Crippen molar-refractivity contribution < 1.29 is 39.9 Å². The lowest BCUT2D eigenvalue weighted by atomic mass is 9.87. The molecular formula is C24H27NO8. The summed E-state index contributed by atoms with van der Waals surface area (Å²) in [4.78, 5) is 23.5. The minimum atomic E-state index is -1.76. The summed E-state index contributed by atoms with van der Waals surface area (Å²) in [6.45, 7) is 0.367. The molecule has 0 radical (unpaired) electrons. The number of rotatable bonds is 8. The van der Waals surface area contributed by atoms with Crippen LogP contribution in [0, 0.1) is 0 Å². The van der Waals surface area contributed by atoms with Gasteiger partial charge in [-0.1, -0.05) is 54.6 Å². The van der Waals surface area contributed by atoms with E-state index in [2.05, 4.69) is 5.32 Å². The molecule has 0 spiro atoms. The molecule has 9 heteroatoms. The highest BCUT2D eigenvalue weighted by Crippen LogP contribution is 2.31. The number of carboxylic acid groups (broad SMARTS) is 1. The average Bonchev–Trinajstić information content (AvgIpc) is 2.80. The molecule has 0 aliphatic carbocycles. The van der Waals surface area contributed by atoms with E-state index >= 15 is 0 Å². The fourth-order valence-electron chi connectivity index (χ4n) is 3.93. The Morgan fingerprint density at radius 1 is 1.15 bits per heavy atom. The first-order valence-corrected chi connectivity index (χ1v) is 10.4. The summed E-state index contributed by atoms with van der Waals surface area (Å²) in [6, 6.07) is 12.3. The standard InChI is InChI=1S/C24H27NO8/c1-13(27)25-19-20(29)17(22(24(31)32)33-23(19)21(30)18(28)12-26)11-5-9-15-8-4-7-14-6-2-3-10-16(14)15/h2-10,18-21,23,26,28-30H,11-12H2,1H3,(H,25,27)(H,31,32)/t18?,19-,20+,21?,23-/m1/s1. The molecule has 1 amide bonds. The number of hydrogen-bond donors (Lipinski definition) is 6. The van der Waals surface area contributed by atoms with Gasteiger partial charge >= 0.3 is 5.97 Å². The maximum Gasteiger partial charge on any atom is 0.371 e. The number of allylic oxidation sites excluding steroid dienone is 1. The number of hydrogen-bond acceptors (Lipinski definition) is 7. The zero-order chi connectivity index (χ0) is 24.1. The largest absolute Gasteiger partial charge is 0.478 e. The van der Waals surface area contributed by atoms with Crippen LogP contribution in [0.2, 0.25) is 0 Å². The van der Waals surface area contributed by atoms with Crippen molar-refractivity contribution in [1.29, 1.82) is 0 Å². The Hall–Kier alpha value is -3.24. The van der Waals surface area contributed by atoms with Gasteiger partial charge in [-0.3, -0.25) is 4.79 Å². The van der Waals surface area contributed by atoms with Crippen LogP contribution in [-0.2, 0) is 14.3 Å². The number of aliphatic carboxylic acids is 1. The molecule has 1 aliphatic rings. The number of amides is 1. The fraction of sp³-hybridized carbons (Fsp3) is 0.333. The highest BCUT2D eigenvalue weighted by atomic mass is 16.5. The van der Waals surface area contributed by atoms with Crippen molar-refractivity contribution in [2.24, 2.45) is 0 Å². The summed E-state index contributed by atoms with van der Waals surface area (Å²) in [6.07, 6.45) is -2.97. The third-order valence-electron chi connectivity index (χ3n) is 5.54. The van der Waals surface area contributed by atoms with Crippen LogP contribution in [0.4, 0.5) is 0 Å². The number of carbonyl (C=O) groups excluding carboxylic acids is 1. The molecule has 2 aromatic carbocycles. The van der Waals surface area contributed by atoms with Gasteiger partial charge in [0.15, 0.2) is 6.10 Å². The topological polar surface area (TPSA) is 157 Å². The number of nitrogens with one attached hydrogen (secondary N) is 1. The van der Waals surface area contributed by atoms with Crippen molar-refractivity contribution in [1.82, 2.24) is 5.32 Å². The van der Waals surface area contributed by atoms with E-state index in [1.54, 1.807) is 12.2 Å². The molecule has 2 unspecified atom stereocenters. The van der Waals surface area contributed by atoms with Crippen LogP contribution in [0.1, 0.15) is 18.9 Å². The van der Waals surface area contributed by atoms with Crippen molar-refractivity contribution in [3.05, 3.63) is 65.4 Å². The second-order valence-electron chi connectivity index (χ2n) is 7.83. The molecule has 6 N–H and O–H groups in total. The molecule has 1 heterocycles. The van der Waals surface area contributed by atoms with Crippen molar-refractivity contribution in [3.63, 3.8) is 0 Å². The summed E-state index contributed by atoms with van der Waals surface area (Å²) >= 11 is 0. The quantitative estimate of drug-likeness (QED) is 0.336. The van der Waals surface area contributed by atoms with E-state index in [0.29, 0.717) is 0 Å². The lowest BCUT2D eigenvalue weighted by Crippen LogP contribution is -2.61. The van der Waals surface area contributed by atoms with E-state index in [1.165, 1.54) is 6.92 Å². The third kappa shape index (κ3) is 5.40. The SMILES string of the molecule is CC(=O)N[C@@H]1[C@@H](O)C(CC=Cc2cccc3ccccc23)=C(C(=O)O)O[C@H]1C(O)C(O)CO. The van der Waals surface area contributed by atoms with Gasteiger partial charge in [0, 0.05) is 12.5 Å². The van der Waals surface area contributed by atoms with Crippen LogP contribution in [0.5, 0.6) is 0 Å². The Bertz CT molecular complexity index is 1070. The van der Waals surface area contributed by atoms with Gasteiger partial charge in [0.05, 0.1) is 12.6 Å². The molecule has 0 bridgehead atoms. The number of ether oxygens (including phenoxy) is 1. The molecule has 5 atom stereocenters. The van der Waals surface area contributed by atoms with E-state index in [0.717, 1.165) is 16.3 Å². The van der Waals surface area contributed by atoms with Crippen LogP contribution in [0.25, 0.3) is 16.8 Å². The van der Waals surface area contributed by atoms with Gasteiger partial charge in [0.2, 0.25) is 11.7 Å². The molecule has 3 rings (SSSR count). The Balaban J connectivity index is 1.94. The van der Waals surface area contributed by atoms with Crippen LogP contribution in [0.3, 0.4) is 0 Å². The number of fused-ring (bicyclic) bond motifs is 1. The van der Waals surface area contributed by atoms with Gasteiger partial charge in [-0.05, 0) is 22.8 Å². The molecule has 2 aromatic rings. The molecule has 176 valence electrons. The highest BCUT2D eigenvalue weighted by Gasteiger charge is 2.46. The summed E-state index contributed by atoms with van der Waals surface area (Å²) in [5.41, 5.74) is 0.897. The van der Waals surface area contributed by atoms with Gasteiger partial charge in [-0.2, -0.15) is 0 Å². The zero-order valence-electron chi connectivity index (χ0n) is 18.0. The molecule has 0 saturated carbocycles. The first kappa shape index (κ1) is 24.4. The zero-order valence-corrected chi connectivity index (χ0v) is 18.0. The van der Waals surface area contributed by atoms with Crippen LogP contribution in [0.15, 0.2) is 59.9 Å². The normalized spacial score (nSPS) is 22.8. The minimum absolute atomic E-state index is 0.000301. The monoisotopic (exact) mass is 457 g/mol. The molecular weight excluding hydrogens is 430 g/mol. The molecule has 1 aliphatic heterocycles. The summed E-state index contributed by atoms with van der Waals surface area (Å²) < 4.78 is 5.45. The van der Waals surface area contributed by atoms with Crippen molar-refractivity contribution >= 4 is 28.7 Å². The van der Waals surface area contributed by atoms with E-state index in [1.807, 2.05) is 42.5 Å². The lowest BCUT2D eigenvalue weighted by Gasteiger charge is -2.40. The van der Waals surface area contributed by atoms with E-state index in [-0.39, 0.29) is 12.0 Å². The smallest absolute Gasteiger partial charge is 0.371 e. The second kappa shape index (κ2) is 10.6. The Morgan fingerprint density at radius 3 is 2.52 bits per heavy atom. The third-order valence-corrected chi connectivity index (χ3v) is 5.54. The van der Waals surface area contributed by atoms with E-state index in [4.69, 9.17) is 9.84 Å². The Kier molecular flexibility index (Phi) is 7.83. The van der Waals surface area contributed by atoms with Gasteiger partial charge < -0.3 is 35.6 Å². The number of carbonyl (C=O) groups is 2. The molecule has 0 aromatic heterocycles. The Morgan fingerprint density at radius 2 is 1.85 bits per heavy atom. The van der Waals surface area contributed by atoms with Crippen molar-refractivity contribution in [2.45, 2.75) is 43.8 Å². The van der Waals surface area contributed by atoms with Crippen LogP contribution >= 0.6 is 0 Å². The van der Waals surface area contributed by atoms with Crippen molar-refractivity contribution in [3.8, 4) is 0 Å². The predicted octanol–water partition coefficient (Wildman–Crippen LogP) is 0.560. The summed E-state index contributed by atoms with van der Waals surface area (Å²) in [7, 11) is 0. The number of benzene rings is 2. The first-order valence-electron chi connectivity index (χ1n) is 10.4. The molecule has 0 saturated heterocycles. The van der Waals surface area contributed by atoms with Gasteiger partial charge in [-0.15, -0.1) is 0 Å². The van der Waals surface area contributed by atoms with Crippen molar-refractivity contribution in [2.75, 3.05) is 6.61 Å². The number of aliphatic hydroxyl groups is 4. The summed E-state index contributed by atoms with van der Waals surface area (Å²) in [5, 5.41) is 54.4. The van der Waals surface area contributed by atoms with E-state index < -0.39 is 54.7 Å². The Labute approximate surface area is 190 Å². The van der Waals surface area contributed by atoms with E-state index in [9.17, 15) is 30.0 Å². The molecule has 9 nitrogen and oxygen atoms in total. The number of aliphatic hydroxyl groups excluding tert-OH is 4. The van der Waals surface area contributed by atoms with Crippen LogP contribution < -0.4 is 5.32 Å². The van der Waals surface area contributed by atoms with Gasteiger partial charge in [0.1, 0.15) is 18.3 Å². The predicted molar refractivity (Wildman–Crippen MR) is 120 cm³/mol. The number of carboxylic acids is 1. The van der Waals surface area contributed by atoms with Crippen LogP contribution in [-0.4, -0.2) is 74.5 Å². The summed E-state index contributed by atoms with van der Waals surface area (Å²) in [5.74, 6) is -2.61. The maximum absolute atomic E-state index is 11.9. The average molecular weight is 457 g/mol. The molecule has 33 heavy (non-hydrogen) atoms. The van der Waals surface area contributed by atoms with Gasteiger partial charge in [0.25, 0.3) is 0 Å². The first-order chi connectivity index (χ1) is 15.7. The van der Waals surface area contributed by atoms with Gasteiger partial charge in [-0.25, -0.2) is 4.79 Å². The maximum atomic E-state index is 11.9.